The minimum atomic E-state index is -1.95. The van der Waals surface area contributed by atoms with E-state index < -0.39 is 13.3 Å². The maximum atomic E-state index is 6.32. The van der Waals surface area contributed by atoms with E-state index >= 15 is 0 Å². The van der Waals surface area contributed by atoms with Gasteiger partial charge in [-0.1, -0.05) is 83.7 Å². The van der Waals surface area contributed by atoms with Gasteiger partial charge in [0.15, 0.2) is 0 Å². The number of aryl methyl sites for hydroxylation is 1. The fraction of sp³-hybridized carbons (Fsp3) is 0.157. The van der Waals surface area contributed by atoms with Crippen molar-refractivity contribution in [1.29, 1.82) is 0 Å². The number of hydrogen-bond donors (Lipinski definition) is 0. The van der Waals surface area contributed by atoms with Gasteiger partial charge in [-0.25, -0.2) is 0 Å². The zero-order valence-electron chi connectivity index (χ0n) is 34.0. The molecule has 10 rings (SSSR count). The van der Waals surface area contributed by atoms with Crippen LogP contribution in [0, 0.1) is 25.0 Å². The number of oxazole rings is 1. The van der Waals surface area contributed by atoms with Crippen LogP contribution in [0.3, 0.4) is 0 Å². The average Bonchev–Trinajstić information content (AvgIpc) is 3.93. The Morgan fingerprint density at radius 1 is 0.678 bits per heavy atom. The number of furan rings is 1. The molecule has 6 aromatic carbocycles. The molecule has 6 nitrogen and oxygen atoms in total. The predicted octanol–water partition coefficient (Wildman–Crippen LogP) is 12.8. The van der Waals surface area contributed by atoms with Gasteiger partial charge in [-0.2, -0.15) is 0 Å². The van der Waals surface area contributed by atoms with Crippen molar-refractivity contribution in [3.8, 4) is 39.5 Å². The molecular weight excluding hydrogens is 965 g/mol. The van der Waals surface area contributed by atoms with Crippen LogP contribution in [0.25, 0.3) is 83.5 Å². The van der Waals surface area contributed by atoms with Crippen LogP contribution in [-0.4, -0.2) is 32.8 Å². The summed E-state index contributed by atoms with van der Waals surface area (Å²) in [5, 5.41) is 2.17. The van der Waals surface area contributed by atoms with E-state index in [0.717, 1.165) is 78.8 Å². The van der Waals surface area contributed by atoms with Crippen molar-refractivity contribution in [2.75, 3.05) is 0 Å². The van der Waals surface area contributed by atoms with Gasteiger partial charge < -0.3 is 8.98 Å². The van der Waals surface area contributed by atoms with Crippen molar-refractivity contribution < 1.29 is 28.9 Å². The standard InChI is InChI=1S/C31H19N2O.C20H25GeN2O.Ir/c1-2-9-21(10-3-1)22-17-19-23(20-18-22)33-28-15-6-5-14-27(28)32-31(33)26-13-8-12-25-24-11-4-7-16-29(24)34-30(25)26;1-13(2)10-15-11-19(22-12-17(15)21(4,5)6)16-8-7-9-18-20(16)24-14(3)23-18;/h1-12,14-20H;7,9,11-13H,10H2,1-6H3;/q2*-1;. The molecule has 0 aliphatic carbocycles. The molecule has 295 valence electrons. The third-order valence-corrected chi connectivity index (χ3v) is 14.8. The second kappa shape index (κ2) is 16.6. The molecule has 0 bridgehead atoms. The van der Waals surface area contributed by atoms with Crippen molar-refractivity contribution in [3.63, 3.8) is 0 Å². The molecule has 0 spiro atoms. The molecule has 4 aromatic heterocycles. The zero-order chi connectivity index (χ0) is 40.0. The summed E-state index contributed by atoms with van der Waals surface area (Å²) in [7, 11) is 0. The molecular formula is C51H44GeIrN4O2-2. The molecule has 0 saturated carbocycles. The SMILES string of the molecule is Cc1nc2cc[c-]c(-c3cc(CC(C)C)[c]([Ge]([CH3])([CH3])[CH3])cn3)c2o1.[Ir].[c-]1ccc2c(oc3ccccc32)c1-c1nc2ccccc2n1-c1ccc(-c2ccccc2)cc1. The second-order valence-corrected chi connectivity index (χ2v) is 26.8. The number of benzene rings is 6. The number of nitrogens with zero attached hydrogens (tertiary/aromatic N) is 4. The molecule has 0 unspecified atom stereocenters. The Morgan fingerprint density at radius 3 is 2.15 bits per heavy atom. The summed E-state index contributed by atoms with van der Waals surface area (Å²) in [5.74, 6) is 9.39. The average molecular weight is 1010 g/mol. The topological polar surface area (TPSA) is 69.9 Å². The molecule has 0 saturated heterocycles. The Bertz CT molecular complexity index is 3070. The van der Waals surface area contributed by atoms with Crippen LogP contribution in [0.5, 0.6) is 0 Å². The van der Waals surface area contributed by atoms with Crippen molar-refractivity contribution in [2.24, 2.45) is 5.92 Å². The van der Waals surface area contributed by atoms with Crippen LogP contribution in [0.4, 0.5) is 0 Å². The summed E-state index contributed by atoms with van der Waals surface area (Å²) in [5.41, 5.74) is 12.9. The normalized spacial score (nSPS) is 11.6. The molecule has 0 aliphatic heterocycles. The van der Waals surface area contributed by atoms with Crippen LogP contribution < -0.4 is 4.40 Å². The van der Waals surface area contributed by atoms with Crippen molar-refractivity contribution in [3.05, 3.63) is 163 Å². The van der Waals surface area contributed by atoms with Gasteiger partial charge in [-0.3, -0.25) is 4.98 Å². The van der Waals surface area contributed by atoms with E-state index in [0.29, 0.717) is 11.8 Å². The number of hydrogen-bond acceptors (Lipinski definition) is 5. The van der Waals surface area contributed by atoms with E-state index in [1.54, 1.807) is 0 Å². The van der Waals surface area contributed by atoms with Gasteiger partial charge in [0.25, 0.3) is 0 Å². The molecule has 0 N–H and O–H groups in total. The van der Waals surface area contributed by atoms with Crippen molar-refractivity contribution in [1.82, 2.24) is 19.5 Å². The molecule has 0 fully saturated rings. The Kier molecular flexibility index (Phi) is 11.3. The summed E-state index contributed by atoms with van der Waals surface area (Å²) in [6, 6.07) is 52.2. The third-order valence-electron chi connectivity index (χ3n) is 10.5. The monoisotopic (exact) mass is 1010 g/mol. The minimum Gasteiger partial charge on any atom is -0.501 e. The molecule has 0 atom stereocenters. The van der Waals surface area contributed by atoms with E-state index in [1.165, 1.54) is 21.1 Å². The minimum absolute atomic E-state index is 0. The van der Waals surface area contributed by atoms with E-state index in [4.69, 9.17) is 18.8 Å². The summed E-state index contributed by atoms with van der Waals surface area (Å²) < 4.78 is 15.8. The van der Waals surface area contributed by atoms with Gasteiger partial charge in [-0.05, 0) is 41.5 Å². The Morgan fingerprint density at radius 2 is 1.37 bits per heavy atom. The number of aromatic nitrogens is 4. The Labute approximate surface area is 361 Å². The summed E-state index contributed by atoms with van der Waals surface area (Å²) in [6.07, 6.45) is 3.18. The van der Waals surface area contributed by atoms with Crippen molar-refractivity contribution >= 4 is 61.7 Å². The second-order valence-electron chi connectivity index (χ2n) is 16.2. The van der Waals surface area contributed by atoms with Crippen LogP contribution >= 0.6 is 0 Å². The summed E-state index contributed by atoms with van der Waals surface area (Å²) in [6.45, 7) is 6.41. The van der Waals surface area contributed by atoms with Crippen molar-refractivity contribution in [2.45, 2.75) is 44.5 Å². The van der Waals surface area contributed by atoms with Gasteiger partial charge in [0.05, 0.1) is 22.4 Å². The molecule has 59 heavy (non-hydrogen) atoms. The molecule has 10 aromatic rings. The summed E-state index contributed by atoms with van der Waals surface area (Å²) >= 11 is -1.95. The predicted molar refractivity (Wildman–Crippen MR) is 240 cm³/mol. The van der Waals surface area contributed by atoms with Crippen LogP contribution in [-0.2, 0) is 26.5 Å². The van der Waals surface area contributed by atoms with Gasteiger partial charge in [0.1, 0.15) is 5.58 Å². The maximum absolute atomic E-state index is 6.32. The molecule has 0 aliphatic rings. The Balaban J connectivity index is 0.000000172. The number of pyridine rings is 1. The number of para-hydroxylation sites is 3. The van der Waals surface area contributed by atoms with Gasteiger partial charge in [0.2, 0.25) is 0 Å². The van der Waals surface area contributed by atoms with Crippen LogP contribution in [0.1, 0.15) is 25.3 Å². The van der Waals surface area contributed by atoms with Gasteiger partial charge in [0, 0.05) is 31.2 Å². The van der Waals surface area contributed by atoms with Gasteiger partial charge in [-0.15, -0.1) is 18.2 Å². The largest absolute Gasteiger partial charge is 0.501 e. The Hall–Kier alpha value is -5.60. The molecule has 4 heterocycles. The molecule has 8 heteroatoms. The first-order chi connectivity index (χ1) is 28.1. The van der Waals surface area contributed by atoms with E-state index in [9.17, 15) is 0 Å². The smallest absolute Gasteiger partial charge is 0.120 e. The fourth-order valence-electron chi connectivity index (χ4n) is 7.86. The van der Waals surface area contributed by atoms with E-state index in [1.807, 2.05) is 67.6 Å². The molecule has 1 radical (unpaired) electrons. The maximum Gasteiger partial charge on any atom is 0.120 e. The molecule has 0 amide bonds. The fourth-order valence-corrected chi connectivity index (χ4v) is 11.2. The van der Waals surface area contributed by atoms with Crippen LogP contribution in [0.2, 0.25) is 17.3 Å². The van der Waals surface area contributed by atoms with E-state index in [2.05, 4.69) is 132 Å². The number of imidazole rings is 1. The third kappa shape index (κ3) is 7.95. The van der Waals surface area contributed by atoms with Gasteiger partial charge >= 0.3 is 147 Å². The van der Waals surface area contributed by atoms with E-state index in [-0.39, 0.29) is 20.1 Å². The number of fused-ring (bicyclic) bond motifs is 5. The first-order valence-electron chi connectivity index (χ1n) is 19.9. The summed E-state index contributed by atoms with van der Waals surface area (Å²) in [4.78, 5) is 14.2. The number of rotatable bonds is 7. The first-order valence-corrected chi connectivity index (χ1v) is 27.2. The van der Waals surface area contributed by atoms with Crippen LogP contribution in [0.15, 0.2) is 148 Å². The first kappa shape index (κ1) is 40.2. The quantitative estimate of drug-likeness (QED) is 0.118. The zero-order valence-corrected chi connectivity index (χ0v) is 38.5.